The summed E-state index contributed by atoms with van der Waals surface area (Å²) in [7, 11) is 0. The molecule has 4 heteroatoms. The van der Waals surface area contributed by atoms with Crippen LogP contribution in [0.5, 0.6) is 0 Å². The van der Waals surface area contributed by atoms with E-state index in [1.165, 1.54) is 30.5 Å². The van der Waals surface area contributed by atoms with Crippen LogP contribution in [0.2, 0.25) is 0 Å². The van der Waals surface area contributed by atoms with Gasteiger partial charge in [0.25, 0.3) is 0 Å². The van der Waals surface area contributed by atoms with E-state index in [1.54, 1.807) is 6.26 Å². The molecule has 0 aliphatic heterocycles. The van der Waals surface area contributed by atoms with Crippen molar-refractivity contribution in [3.63, 3.8) is 0 Å². The van der Waals surface area contributed by atoms with E-state index in [9.17, 15) is 0 Å². The molecular weight excluding hydrogens is 262 g/mol. The summed E-state index contributed by atoms with van der Waals surface area (Å²) in [6, 6.07) is 1.96. The van der Waals surface area contributed by atoms with Crippen LogP contribution in [0.15, 0.2) is 16.7 Å². The molecule has 1 N–H and O–H groups in total. The van der Waals surface area contributed by atoms with E-state index in [2.05, 4.69) is 12.2 Å². The van der Waals surface area contributed by atoms with Crippen LogP contribution in [0.3, 0.4) is 0 Å². The second-order valence-corrected chi connectivity index (χ2v) is 5.70. The van der Waals surface area contributed by atoms with E-state index in [4.69, 9.17) is 14.4 Å². The highest BCUT2D eigenvalue weighted by Gasteiger charge is 2.18. The summed E-state index contributed by atoms with van der Waals surface area (Å²) in [6.45, 7) is 5.09. The summed E-state index contributed by atoms with van der Waals surface area (Å²) >= 11 is 0. The average molecular weight is 285 g/mol. The maximum absolute atomic E-state index is 5.41. The monoisotopic (exact) mass is 285 g/mol. The van der Waals surface area contributed by atoms with Gasteiger partial charge in [-0.1, -0.05) is 13.3 Å². The predicted octanol–water partition coefficient (Wildman–Crippen LogP) is 4.14. The number of hydrogen-bond acceptors (Lipinski definition) is 4. The third-order valence-corrected chi connectivity index (χ3v) is 4.08. The topological polar surface area (TPSA) is 51.0 Å². The quantitative estimate of drug-likeness (QED) is 0.858. The number of rotatable bonds is 4. The minimum atomic E-state index is 0.792. The van der Waals surface area contributed by atoms with Crippen molar-refractivity contribution in [1.29, 1.82) is 0 Å². The maximum Gasteiger partial charge on any atom is 0.165 e. The molecule has 2 aromatic heterocycles. The Bertz CT molecular complexity index is 618. The third kappa shape index (κ3) is 2.94. The number of nitrogens with one attached hydrogen (secondary N) is 1. The number of nitrogens with zero attached hydrogens (tertiary/aromatic N) is 2. The van der Waals surface area contributed by atoms with Gasteiger partial charge in [0, 0.05) is 17.8 Å². The number of aryl methyl sites for hydroxylation is 2. The molecule has 0 fully saturated rings. The molecule has 21 heavy (non-hydrogen) atoms. The summed E-state index contributed by atoms with van der Waals surface area (Å²) in [5, 5.41) is 3.49. The normalized spacial score (nSPS) is 14.6. The van der Waals surface area contributed by atoms with Gasteiger partial charge in [-0.05, 0) is 45.1 Å². The van der Waals surface area contributed by atoms with Crippen molar-refractivity contribution < 1.29 is 4.42 Å². The van der Waals surface area contributed by atoms with Crippen molar-refractivity contribution in [2.75, 3.05) is 11.9 Å². The molecule has 1 aliphatic rings. The van der Waals surface area contributed by atoms with Gasteiger partial charge in [0.2, 0.25) is 0 Å². The van der Waals surface area contributed by atoms with E-state index >= 15 is 0 Å². The van der Waals surface area contributed by atoms with E-state index in [-0.39, 0.29) is 0 Å². The highest BCUT2D eigenvalue weighted by atomic mass is 16.3. The van der Waals surface area contributed by atoms with Crippen LogP contribution in [0.25, 0.3) is 11.4 Å². The molecule has 4 nitrogen and oxygen atoms in total. The molecule has 0 unspecified atom stereocenters. The molecule has 0 radical (unpaired) electrons. The first-order chi connectivity index (χ1) is 10.3. The standard InChI is InChI=1S/C17H23N3O/c1-3-10-18-16-14-7-5-4-6-8-15(14)19-17(20-16)13-9-11-21-12(13)2/h9,11H,3-8,10H2,1-2H3,(H,18,19,20). The highest BCUT2D eigenvalue weighted by molar-refractivity contribution is 5.61. The lowest BCUT2D eigenvalue weighted by molar-refractivity contribution is 0.535. The van der Waals surface area contributed by atoms with Crippen LogP contribution < -0.4 is 5.32 Å². The fourth-order valence-electron chi connectivity index (χ4n) is 2.90. The van der Waals surface area contributed by atoms with E-state index in [0.29, 0.717) is 0 Å². The van der Waals surface area contributed by atoms with Crippen molar-refractivity contribution in [3.8, 4) is 11.4 Å². The third-order valence-electron chi connectivity index (χ3n) is 4.08. The molecule has 0 amide bonds. The van der Waals surface area contributed by atoms with Gasteiger partial charge in [-0.25, -0.2) is 9.97 Å². The number of fused-ring (bicyclic) bond motifs is 1. The Morgan fingerprint density at radius 2 is 2.05 bits per heavy atom. The molecule has 0 atom stereocenters. The largest absolute Gasteiger partial charge is 0.469 e. The van der Waals surface area contributed by atoms with Crippen molar-refractivity contribution in [2.24, 2.45) is 0 Å². The molecule has 2 aromatic rings. The lowest BCUT2D eigenvalue weighted by Crippen LogP contribution is -2.10. The van der Waals surface area contributed by atoms with Gasteiger partial charge < -0.3 is 9.73 Å². The second kappa shape index (κ2) is 6.29. The minimum Gasteiger partial charge on any atom is -0.469 e. The van der Waals surface area contributed by atoms with Gasteiger partial charge in [-0.3, -0.25) is 0 Å². The molecule has 112 valence electrons. The van der Waals surface area contributed by atoms with E-state index in [1.807, 2.05) is 13.0 Å². The summed E-state index contributed by atoms with van der Waals surface area (Å²) in [5.74, 6) is 2.70. The van der Waals surface area contributed by atoms with Crippen LogP contribution in [0.4, 0.5) is 5.82 Å². The molecule has 0 aromatic carbocycles. The zero-order chi connectivity index (χ0) is 14.7. The van der Waals surface area contributed by atoms with Gasteiger partial charge in [0.05, 0.1) is 11.8 Å². The Labute approximate surface area is 126 Å². The number of furan rings is 1. The predicted molar refractivity (Wildman–Crippen MR) is 84.5 cm³/mol. The van der Waals surface area contributed by atoms with Crippen molar-refractivity contribution in [1.82, 2.24) is 9.97 Å². The molecule has 0 spiro atoms. The zero-order valence-electron chi connectivity index (χ0n) is 12.9. The first-order valence-electron chi connectivity index (χ1n) is 7.97. The van der Waals surface area contributed by atoms with E-state index in [0.717, 1.165) is 48.8 Å². The van der Waals surface area contributed by atoms with Crippen LogP contribution in [0.1, 0.15) is 49.6 Å². The summed E-state index contributed by atoms with van der Waals surface area (Å²) in [4.78, 5) is 9.62. The van der Waals surface area contributed by atoms with Gasteiger partial charge in [-0.2, -0.15) is 0 Å². The Hall–Kier alpha value is -1.84. The van der Waals surface area contributed by atoms with Crippen molar-refractivity contribution >= 4 is 5.82 Å². The number of anilines is 1. The summed E-state index contributed by atoms with van der Waals surface area (Å²) < 4.78 is 5.41. The maximum atomic E-state index is 5.41. The smallest absolute Gasteiger partial charge is 0.165 e. The first-order valence-corrected chi connectivity index (χ1v) is 7.97. The van der Waals surface area contributed by atoms with Crippen molar-refractivity contribution in [2.45, 2.75) is 52.4 Å². The lowest BCUT2D eigenvalue weighted by atomic mass is 10.1. The molecular formula is C17H23N3O. The van der Waals surface area contributed by atoms with Crippen LogP contribution in [-0.2, 0) is 12.8 Å². The zero-order valence-corrected chi connectivity index (χ0v) is 12.9. The fraction of sp³-hybridized carbons (Fsp3) is 0.529. The van der Waals surface area contributed by atoms with Crippen LogP contribution in [-0.4, -0.2) is 16.5 Å². The van der Waals surface area contributed by atoms with Crippen LogP contribution >= 0.6 is 0 Å². The van der Waals surface area contributed by atoms with Gasteiger partial charge in [-0.15, -0.1) is 0 Å². The Kier molecular flexibility index (Phi) is 4.23. The minimum absolute atomic E-state index is 0.792. The lowest BCUT2D eigenvalue weighted by Gasteiger charge is -2.14. The molecule has 0 bridgehead atoms. The molecule has 1 aliphatic carbocycles. The molecule has 2 heterocycles. The first kappa shape index (κ1) is 14.1. The fourth-order valence-corrected chi connectivity index (χ4v) is 2.90. The summed E-state index contributed by atoms with van der Waals surface area (Å²) in [6.07, 6.45) is 8.69. The Morgan fingerprint density at radius 1 is 1.19 bits per heavy atom. The summed E-state index contributed by atoms with van der Waals surface area (Å²) in [5.41, 5.74) is 3.55. The number of hydrogen-bond donors (Lipinski definition) is 1. The average Bonchev–Trinajstić information content (AvgIpc) is 2.78. The van der Waals surface area contributed by atoms with Gasteiger partial charge >= 0.3 is 0 Å². The number of aromatic nitrogens is 2. The molecule has 3 rings (SSSR count). The van der Waals surface area contributed by atoms with Gasteiger partial charge in [0.1, 0.15) is 11.6 Å². The molecule has 0 saturated heterocycles. The SMILES string of the molecule is CCCNc1nc(-c2ccoc2C)nc2c1CCCCC2. The van der Waals surface area contributed by atoms with Gasteiger partial charge in [0.15, 0.2) is 5.82 Å². The van der Waals surface area contributed by atoms with Crippen LogP contribution in [0, 0.1) is 6.92 Å². The second-order valence-electron chi connectivity index (χ2n) is 5.70. The van der Waals surface area contributed by atoms with Crippen molar-refractivity contribution in [3.05, 3.63) is 29.3 Å². The van der Waals surface area contributed by atoms with E-state index < -0.39 is 0 Å². The Balaban J connectivity index is 2.06. The Morgan fingerprint density at radius 3 is 2.81 bits per heavy atom. The highest BCUT2D eigenvalue weighted by Crippen LogP contribution is 2.29. The molecule has 0 saturated carbocycles.